The van der Waals surface area contributed by atoms with E-state index in [9.17, 15) is 15.2 Å². The maximum atomic E-state index is 11.0. The molecule has 0 aliphatic carbocycles. The Labute approximate surface area is 137 Å². The summed E-state index contributed by atoms with van der Waals surface area (Å²) in [7, 11) is 0. The molecular weight excluding hydrogens is 314 g/mol. The summed E-state index contributed by atoms with van der Waals surface area (Å²) in [5, 5.41) is 30.0. The Morgan fingerprint density at radius 1 is 1.50 bits per heavy atom. The van der Waals surface area contributed by atoms with Gasteiger partial charge in [0.15, 0.2) is 5.75 Å². The van der Waals surface area contributed by atoms with Gasteiger partial charge in [-0.15, -0.1) is 0 Å². The van der Waals surface area contributed by atoms with Crippen LogP contribution in [0.15, 0.2) is 21.5 Å². The summed E-state index contributed by atoms with van der Waals surface area (Å²) in [6.45, 7) is 5.39. The maximum Gasteiger partial charge on any atom is 0.315 e. The molecule has 0 aliphatic heterocycles. The van der Waals surface area contributed by atoms with E-state index in [2.05, 4.69) is 4.99 Å². The Morgan fingerprint density at radius 3 is 2.79 bits per heavy atom. The Morgan fingerprint density at radius 2 is 2.21 bits per heavy atom. The molecule has 0 unspecified atom stereocenters. The molecule has 0 radical (unpaired) electrons. The Kier molecular flexibility index (Phi) is 4.84. The fourth-order valence-corrected chi connectivity index (χ4v) is 2.06. The lowest BCUT2D eigenvalue weighted by atomic mass is 10.1. The molecule has 1 heterocycles. The van der Waals surface area contributed by atoms with Crippen LogP contribution in [0.2, 0.25) is 0 Å². The zero-order valence-electron chi connectivity index (χ0n) is 13.4. The zero-order chi connectivity index (χ0) is 17.9. The van der Waals surface area contributed by atoms with E-state index in [0.29, 0.717) is 22.5 Å². The highest BCUT2D eigenvalue weighted by atomic mass is 16.6. The van der Waals surface area contributed by atoms with E-state index in [1.165, 1.54) is 12.3 Å². The van der Waals surface area contributed by atoms with Crippen LogP contribution in [-0.4, -0.2) is 22.9 Å². The van der Waals surface area contributed by atoms with E-state index < -0.39 is 16.4 Å². The minimum absolute atomic E-state index is 0.0135. The number of aliphatic imine (C=N–C) groups is 1. The van der Waals surface area contributed by atoms with Crippen LogP contribution >= 0.6 is 0 Å². The van der Waals surface area contributed by atoms with Gasteiger partial charge in [-0.05, 0) is 26.8 Å². The number of ether oxygens (including phenoxy) is 1. The first-order valence-electron chi connectivity index (χ1n) is 7.07. The Hall–Kier alpha value is -3.34. The number of nitro groups is 1. The average molecular weight is 329 g/mol. The first-order chi connectivity index (χ1) is 11.4. The quantitative estimate of drug-likeness (QED) is 0.508. The van der Waals surface area contributed by atoms with Crippen LogP contribution in [0.25, 0.3) is 0 Å². The first-order valence-corrected chi connectivity index (χ1v) is 7.07. The van der Waals surface area contributed by atoms with Gasteiger partial charge in [0.2, 0.25) is 11.6 Å². The molecule has 0 saturated heterocycles. The molecule has 8 nitrogen and oxygen atoms in total. The number of aromatic hydroxyl groups is 1. The van der Waals surface area contributed by atoms with Crippen molar-refractivity contribution in [3.8, 4) is 17.6 Å². The van der Waals surface area contributed by atoms with E-state index in [1.54, 1.807) is 20.8 Å². The van der Waals surface area contributed by atoms with Crippen molar-refractivity contribution in [3.63, 3.8) is 0 Å². The van der Waals surface area contributed by atoms with Gasteiger partial charge in [0.05, 0.1) is 11.5 Å². The number of benzene rings is 1. The standard InChI is InChI=1S/C16H15N3O5/c1-4-23-14-6-11(5-13(15(14)20)19(21)22)8-18-16-12(7-17)9(2)10(3)24-16/h5-6,8,20H,4H2,1-3H3. The lowest BCUT2D eigenvalue weighted by molar-refractivity contribution is -0.386. The van der Waals surface area contributed by atoms with Crippen LogP contribution in [0, 0.1) is 35.3 Å². The minimum atomic E-state index is -0.711. The molecule has 0 amide bonds. The van der Waals surface area contributed by atoms with Crippen molar-refractivity contribution in [1.29, 1.82) is 5.26 Å². The van der Waals surface area contributed by atoms with Crippen molar-refractivity contribution in [3.05, 3.63) is 44.7 Å². The highest BCUT2D eigenvalue weighted by Crippen LogP contribution is 2.37. The van der Waals surface area contributed by atoms with Crippen molar-refractivity contribution in [2.45, 2.75) is 20.8 Å². The van der Waals surface area contributed by atoms with Gasteiger partial charge in [-0.1, -0.05) is 0 Å². The fourth-order valence-electron chi connectivity index (χ4n) is 2.06. The van der Waals surface area contributed by atoms with Crippen molar-refractivity contribution in [1.82, 2.24) is 0 Å². The number of nitro benzene ring substituents is 1. The number of phenolic OH excluding ortho intramolecular Hbond substituents is 1. The van der Waals surface area contributed by atoms with Gasteiger partial charge in [0, 0.05) is 23.4 Å². The topological polar surface area (TPSA) is 122 Å². The summed E-state index contributed by atoms with van der Waals surface area (Å²) in [5.41, 5.74) is 0.840. The van der Waals surface area contributed by atoms with E-state index in [1.807, 2.05) is 6.07 Å². The van der Waals surface area contributed by atoms with Gasteiger partial charge in [0.25, 0.3) is 0 Å². The summed E-state index contributed by atoms with van der Waals surface area (Å²) in [4.78, 5) is 14.4. The number of rotatable bonds is 5. The highest BCUT2D eigenvalue weighted by Gasteiger charge is 2.20. The van der Waals surface area contributed by atoms with Crippen LogP contribution in [0.5, 0.6) is 11.5 Å². The van der Waals surface area contributed by atoms with Crippen molar-refractivity contribution >= 4 is 17.8 Å². The van der Waals surface area contributed by atoms with Crippen LogP contribution in [0.3, 0.4) is 0 Å². The maximum absolute atomic E-state index is 11.0. The second-order valence-corrected chi connectivity index (χ2v) is 4.91. The van der Waals surface area contributed by atoms with Crippen LogP contribution < -0.4 is 4.74 Å². The molecule has 2 aromatic rings. The zero-order valence-corrected chi connectivity index (χ0v) is 13.4. The molecule has 1 aromatic carbocycles. The largest absolute Gasteiger partial charge is 0.500 e. The molecule has 0 atom stereocenters. The molecule has 1 N–H and O–H groups in total. The molecule has 1 aromatic heterocycles. The summed E-state index contributed by atoms with van der Waals surface area (Å²) >= 11 is 0. The van der Waals surface area contributed by atoms with Gasteiger partial charge >= 0.3 is 5.69 Å². The molecular formula is C16H15N3O5. The Bertz CT molecular complexity index is 862. The van der Waals surface area contributed by atoms with E-state index in [0.717, 1.165) is 6.07 Å². The summed E-state index contributed by atoms with van der Waals surface area (Å²) < 4.78 is 10.6. The minimum Gasteiger partial charge on any atom is -0.500 e. The average Bonchev–Trinajstić information content (AvgIpc) is 2.81. The lowest BCUT2D eigenvalue weighted by Crippen LogP contribution is -1.97. The normalized spacial score (nSPS) is 10.8. The molecule has 0 aliphatic rings. The van der Waals surface area contributed by atoms with E-state index in [-0.39, 0.29) is 18.2 Å². The van der Waals surface area contributed by atoms with Gasteiger partial charge in [-0.2, -0.15) is 5.26 Å². The van der Waals surface area contributed by atoms with Gasteiger partial charge in [0.1, 0.15) is 17.4 Å². The molecule has 24 heavy (non-hydrogen) atoms. The second kappa shape index (κ2) is 6.83. The molecule has 0 spiro atoms. The number of phenols is 1. The predicted molar refractivity (Wildman–Crippen MR) is 86.1 cm³/mol. The predicted octanol–water partition coefficient (Wildman–Crippen LogP) is 3.53. The van der Waals surface area contributed by atoms with Gasteiger partial charge < -0.3 is 14.3 Å². The number of nitriles is 1. The monoisotopic (exact) mass is 329 g/mol. The van der Waals surface area contributed by atoms with E-state index in [4.69, 9.17) is 14.4 Å². The smallest absolute Gasteiger partial charge is 0.315 e. The van der Waals surface area contributed by atoms with Crippen molar-refractivity contribution in [2.75, 3.05) is 6.61 Å². The third-order valence-corrected chi connectivity index (χ3v) is 3.38. The number of aryl methyl sites for hydroxylation is 1. The van der Waals surface area contributed by atoms with Crippen molar-refractivity contribution < 1.29 is 19.2 Å². The SMILES string of the molecule is CCOc1cc(C=Nc2oc(C)c(C)c2C#N)cc([N+](=O)[O-])c1O. The summed E-state index contributed by atoms with van der Waals surface area (Å²) in [6.07, 6.45) is 1.31. The summed E-state index contributed by atoms with van der Waals surface area (Å²) in [6, 6.07) is 4.59. The van der Waals surface area contributed by atoms with Crippen LogP contribution in [-0.2, 0) is 0 Å². The van der Waals surface area contributed by atoms with E-state index >= 15 is 0 Å². The molecule has 0 fully saturated rings. The Balaban J connectivity index is 2.48. The third-order valence-electron chi connectivity index (χ3n) is 3.38. The van der Waals surface area contributed by atoms with Gasteiger partial charge in [-0.3, -0.25) is 10.1 Å². The molecule has 8 heteroatoms. The molecule has 0 bridgehead atoms. The first kappa shape index (κ1) is 17.0. The van der Waals surface area contributed by atoms with Crippen LogP contribution in [0.1, 0.15) is 29.4 Å². The number of nitrogens with zero attached hydrogens (tertiary/aromatic N) is 3. The lowest BCUT2D eigenvalue weighted by Gasteiger charge is -2.07. The number of hydrogen-bond donors (Lipinski definition) is 1. The highest BCUT2D eigenvalue weighted by molar-refractivity contribution is 5.85. The van der Waals surface area contributed by atoms with Crippen molar-refractivity contribution in [2.24, 2.45) is 4.99 Å². The second-order valence-electron chi connectivity index (χ2n) is 4.91. The summed E-state index contributed by atoms with van der Waals surface area (Å²) in [5.74, 6) is 0.147. The fraction of sp³-hybridized carbons (Fsp3) is 0.250. The molecule has 0 saturated carbocycles. The third kappa shape index (κ3) is 3.20. The number of hydrogen-bond acceptors (Lipinski definition) is 7. The molecule has 124 valence electrons. The number of furan rings is 1. The van der Waals surface area contributed by atoms with Gasteiger partial charge in [-0.25, -0.2) is 4.99 Å². The molecule has 2 rings (SSSR count). The van der Waals surface area contributed by atoms with Crippen LogP contribution in [0.4, 0.5) is 11.6 Å².